The van der Waals surface area contributed by atoms with Crippen molar-refractivity contribution in [1.82, 2.24) is 40.0 Å². The second kappa shape index (κ2) is 17.4. The van der Waals surface area contributed by atoms with Gasteiger partial charge in [0, 0.05) is 26.1 Å². The molecule has 1 aromatic carbocycles. The lowest BCUT2D eigenvalue weighted by Gasteiger charge is -2.37. The Morgan fingerprint density at radius 1 is 1.08 bits per heavy atom. The standard InChI is InChI=1S/C38H56Cl2N9O8PSi/c1-12-38(58(7,8)51,19-28-44-45-46-48(28)23-52-17-18-59(9,10)11)53-22-27-29-30(56-37(5,6)55-29)33(54-27)49-32-25(20-41-49)31(42-34(40)43-32)47(35(50)57-36(2,3)4)21-24-15-13-14-16-26(24)39/h13-16,20,27,29-30,33H,12,17-19,21-23H2,1-11H3/t27-,29-,30-,33-,38?/m1/s1. The summed E-state index contributed by atoms with van der Waals surface area (Å²) >= 11 is 13.2. The molecule has 2 fully saturated rings. The second-order valence-corrected chi connectivity index (χ2v) is 27.9. The molecule has 4 aromatic rings. The van der Waals surface area contributed by atoms with Gasteiger partial charge in [0.2, 0.25) is 5.28 Å². The van der Waals surface area contributed by atoms with Crippen LogP contribution in [0.3, 0.4) is 0 Å². The van der Waals surface area contributed by atoms with E-state index in [0.29, 0.717) is 34.8 Å². The molecule has 0 N–H and O–H groups in total. The predicted molar refractivity (Wildman–Crippen MR) is 226 cm³/mol. The van der Waals surface area contributed by atoms with Crippen molar-refractivity contribution in [2.24, 2.45) is 0 Å². The number of rotatable bonds is 16. The number of carbonyl (C=O) groups is 1. The maximum Gasteiger partial charge on any atom is 0.416 e. The van der Waals surface area contributed by atoms with Crippen LogP contribution in [0.2, 0.25) is 36.0 Å². The minimum absolute atomic E-state index is 0.00462. The highest BCUT2D eigenvalue weighted by atomic mass is 35.5. The van der Waals surface area contributed by atoms with Crippen LogP contribution in [0, 0.1) is 0 Å². The summed E-state index contributed by atoms with van der Waals surface area (Å²) in [5.41, 5.74) is 0.119. The quantitative estimate of drug-likeness (QED) is 0.0460. The zero-order valence-electron chi connectivity index (χ0n) is 35.6. The fourth-order valence-electron chi connectivity index (χ4n) is 7.08. The number of nitrogens with zero attached hydrogens (tertiary/aromatic N) is 9. The molecule has 0 saturated carbocycles. The number of amides is 1. The summed E-state index contributed by atoms with van der Waals surface area (Å²) in [6.07, 6.45) is -1.41. The zero-order chi connectivity index (χ0) is 43.1. The third-order valence-corrected chi connectivity index (χ3v) is 15.0. The Hall–Kier alpha value is -3.06. The van der Waals surface area contributed by atoms with Crippen LogP contribution in [0.4, 0.5) is 10.6 Å². The van der Waals surface area contributed by atoms with Crippen LogP contribution < -0.4 is 4.90 Å². The molecule has 3 aromatic heterocycles. The van der Waals surface area contributed by atoms with Crippen LogP contribution in [-0.4, -0.2) is 116 Å². The van der Waals surface area contributed by atoms with Crippen LogP contribution in [0.25, 0.3) is 11.0 Å². The number of hydrogen-bond donors (Lipinski definition) is 0. The summed E-state index contributed by atoms with van der Waals surface area (Å²) in [4.78, 5) is 24.2. The minimum atomic E-state index is -2.99. The first-order chi connectivity index (χ1) is 27.5. The molecule has 2 saturated heterocycles. The number of hydrogen-bond acceptors (Lipinski definition) is 14. The topological polar surface area (TPSA) is 180 Å². The first-order valence-electron chi connectivity index (χ1n) is 19.7. The van der Waals surface area contributed by atoms with Crippen molar-refractivity contribution in [3.8, 4) is 0 Å². The smallest absolute Gasteiger partial charge is 0.416 e. The highest BCUT2D eigenvalue weighted by Crippen LogP contribution is 2.56. The van der Waals surface area contributed by atoms with Gasteiger partial charge in [0.1, 0.15) is 43.1 Å². The molecule has 2 aliphatic heterocycles. The largest absolute Gasteiger partial charge is 0.443 e. The molecule has 1 unspecified atom stereocenters. The summed E-state index contributed by atoms with van der Waals surface area (Å²) < 4.78 is 55.4. The molecule has 59 heavy (non-hydrogen) atoms. The Labute approximate surface area is 356 Å². The van der Waals surface area contributed by atoms with Gasteiger partial charge in [-0.2, -0.15) is 15.1 Å². The summed E-state index contributed by atoms with van der Waals surface area (Å²) in [6.45, 7) is 22.0. The van der Waals surface area contributed by atoms with E-state index in [9.17, 15) is 9.36 Å². The van der Waals surface area contributed by atoms with Gasteiger partial charge in [-0.25, -0.2) is 14.2 Å². The van der Waals surface area contributed by atoms with E-state index in [1.165, 1.54) is 4.90 Å². The number of fused-ring (bicyclic) bond motifs is 2. The number of halogens is 2. The highest BCUT2D eigenvalue weighted by Gasteiger charge is 2.57. The van der Waals surface area contributed by atoms with E-state index in [0.717, 1.165) is 6.04 Å². The van der Waals surface area contributed by atoms with Gasteiger partial charge in [-0.05, 0) is 94.1 Å². The number of carbonyl (C=O) groups excluding carboxylic acids is 1. The summed E-state index contributed by atoms with van der Waals surface area (Å²) in [7, 11) is -4.28. The SMILES string of the molecule is CCC(Cc1nnnn1COCC[Si](C)(C)C)(OC[C@H]1O[C@@H](n2ncc3c(N(Cc4ccccc4Cl)C(=O)OC(C)(C)C)nc(Cl)nc32)[C@@H]2OC(C)(C)O[C@@H]21)P(C)(C)=O. The number of ether oxygens (including phenoxy) is 6. The van der Waals surface area contributed by atoms with Crippen LogP contribution in [0.15, 0.2) is 30.5 Å². The molecule has 0 aliphatic carbocycles. The van der Waals surface area contributed by atoms with E-state index in [2.05, 4.69) is 45.1 Å². The molecule has 21 heteroatoms. The van der Waals surface area contributed by atoms with E-state index in [1.807, 2.05) is 32.9 Å². The summed E-state index contributed by atoms with van der Waals surface area (Å²) in [6, 6.07) is 8.19. The van der Waals surface area contributed by atoms with Crippen LogP contribution >= 0.6 is 30.3 Å². The Morgan fingerprint density at radius 3 is 2.46 bits per heavy atom. The van der Waals surface area contributed by atoms with Crippen molar-refractivity contribution >= 4 is 61.4 Å². The van der Waals surface area contributed by atoms with Crippen LogP contribution in [0.1, 0.15) is 65.6 Å². The van der Waals surface area contributed by atoms with Gasteiger partial charge in [-0.15, -0.1) is 5.10 Å². The lowest BCUT2D eigenvalue weighted by molar-refractivity contribution is -0.205. The van der Waals surface area contributed by atoms with Gasteiger partial charge in [-0.3, -0.25) is 4.90 Å². The zero-order valence-corrected chi connectivity index (χ0v) is 39.0. The van der Waals surface area contributed by atoms with Gasteiger partial charge >= 0.3 is 6.09 Å². The molecule has 0 bridgehead atoms. The van der Waals surface area contributed by atoms with E-state index in [4.69, 9.17) is 56.7 Å². The molecular formula is C38H56Cl2N9O8PSi. The lowest BCUT2D eigenvalue weighted by atomic mass is 10.1. The monoisotopic (exact) mass is 895 g/mol. The molecule has 1 amide bonds. The van der Waals surface area contributed by atoms with Crippen LogP contribution in [-0.2, 0) is 52.7 Å². The molecule has 6 rings (SSSR count). The van der Waals surface area contributed by atoms with Crippen molar-refractivity contribution < 1.29 is 37.8 Å². The minimum Gasteiger partial charge on any atom is -0.443 e. The highest BCUT2D eigenvalue weighted by molar-refractivity contribution is 7.63. The van der Waals surface area contributed by atoms with E-state index >= 15 is 0 Å². The molecule has 0 radical (unpaired) electrons. The van der Waals surface area contributed by atoms with Crippen molar-refractivity contribution in [3.05, 3.63) is 52.2 Å². The van der Waals surface area contributed by atoms with Crippen molar-refractivity contribution in [2.75, 3.05) is 31.4 Å². The number of tetrazole rings is 1. The third kappa shape index (κ3) is 10.5. The van der Waals surface area contributed by atoms with Gasteiger partial charge in [0.25, 0.3) is 0 Å². The molecule has 2 aliphatic rings. The normalized spacial score (nSPS) is 21.8. The van der Waals surface area contributed by atoms with Crippen molar-refractivity contribution in [1.29, 1.82) is 0 Å². The molecule has 17 nitrogen and oxygen atoms in total. The Balaban J connectivity index is 1.29. The van der Waals surface area contributed by atoms with Gasteiger partial charge in [-0.1, -0.05) is 56.4 Å². The molecule has 5 atom stereocenters. The van der Waals surface area contributed by atoms with E-state index in [1.54, 1.807) is 61.8 Å². The average Bonchev–Trinajstić information content (AvgIpc) is 3.89. The Morgan fingerprint density at radius 2 is 1.80 bits per heavy atom. The Kier molecular flexibility index (Phi) is 13.4. The summed E-state index contributed by atoms with van der Waals surface area (Å²) in [5, 5.41) is 16.6. The van der Waals surface area contributed by atoms with Gasteiger partial charge in [0.15, 0.2) is 29.3 Å². The fraction of sp³-hybridized carbons (Fsp3) is 0.658. The van der Waals surface area contributed by atoms with E-state index in [-0.39, 0.29) is 43.1 Å². The number of benzene rings is 1. The van der Waals surface area contributed by atoms with Gasteiger partial charge < -0.3 is 33.0 Å². The third-order valence-electron chi connectivity index (χ3n) is 10.2. The first kappa shape index (κ1) is 45.5. The Bertz CT molecular complexity index is 2170. The fourth-order valence-corrected chi connectivity index (χ4v) is 9.86. The van der Waals surface area contributed by atoms with Crippen molar-refractivity contribution in [3.63, 3.8) is 0 Å². The maximum absolute atomic E-state index is 14.2. The average molecular weight is 897 g/mol. The van der Waals surface area contributed by atoms with Crippen molar-refractivity contribution in [2.45, 2.75) is 135 Å². The molecule has 324 valence electrons. The van der Waals surface area contributed by atoms with E-state index < -0.39 is 62.6 Å². The predicted octanol–water partition coefficient (Wildman–Crippen LogP) is 7.78. The first-order valence-corrected chi connectivity index (χ1v) is 26.7. The number of anilines is 1. The lowest BCUT2D eigenvalue weighted by Crippen LogP contribution is -2.41. The maximum atomic E-state index is 14.2. The summed E-state index contributed by atoms with van der Waals surface area (Å²) in [5.74, 6) is -0.320. The molecular weight excluding hydrogens is 840 g/mol. The van der Waals surface area contributed by atoms with Gasteiger partial charge in [0.05, 0.1) is 24.7 Å². The number of aromatic nitrogens is 8. The van der Waals surface area contributed by atoms with Crippen LogP contribution in [0.5, 0.6) is 0 Å². The molecule has 5 heterocycles. The molecule has 0 spiro atoms. The second-order valence-electron chi connectivity index (χ2n) is 18.0.